The van der Waals surface area contributed by atoms with Crippen molar-refractivity contribution in [2.45, 2.75) is 71.9 Å². The predicted molar refractivity (Wildman–Crippen MR) is 129 cm³/mol. The number of aryl methyl sites for hydroxylation is 3. The van der Waals surface area contributed by atoms with Crippen molar-refractivity contribution >= 4 is 11.0 Å². The fourth-order valence-electron chi connectivity index (χ4n) is 4.87. The van der Waals surface area contributed by atoms with Gasteiger partial charge in [-0.1, -0.05) is 31.0 Å². The predicted octanol–water partition coefficient (Wildman–Crippen LogP) is 6.45. The zero-order valence-electron chi connectivity index (χ0n) is 19.4. The maximum atomic E-state index is 6.03. The largest absolute Gasteiger partial charge is 0.494 e. The minimum atomic E-state index is 0.358. The highest BCUT2D eigenvalue weighted by atomic mass is 16.5. The summed E-state index contributed by atoms with van der Waals surface area (Å²) in [5.74, 6) is 2.21. The van der Waals surface area contributed by atoms with Gasteiger partial charge in [0, 0.05) is 6.54 Å². The molecular formula is C27H37N3O. The van der Waals surface area contributed by atoms with Crippen LogP contribution in [-0.2, 0) is 6.54 Å². The first-order valence-corrected chi connectivity index (χ1v) is 12.0. The van der Waals surface area contributed by atoms with Crippen LogP contribution in [0.25, 0.3) is 11.0 Å². The molecular weight excluding hydrogens is 382 g/mol. The van der Waals surface area contributed by atoms with Crippen molar-refractivity contribution in [1.82, 2.24) is 14.5 Å². The first-order valence-electron chi connectivity index (χ1n) is 12.0. The lowest BCUT2D eigenvalue weighted by Gasteiger charge is -2.27. The number of aromatic nitrogens is 2. The van der Waals surface area contributed by atoms with Crippen LogP contribution in [0.4, 0.5) is 0 Å². The Balaban J connectivity index is 1.42. The average molecular weight is 420 g/mol. The first kappa shape index (κ1) is 21.9. The third-order valence-corrected chi connectivity index (χ3v) is 6.49. The van der Waals surface area contributed by atoms with E-state index < -0.39 is 0 Å². The lowest BCUT2D eigenvalue weighted by Crippen LogP contribution is -2.30. The Morgan fingerprint density at radius 2 is 1.65 bits per heavy atom. The maximum absolute atomic E-state index is 6.03. The molecule has 0 saturated carbocycles. The number of ether oxygens (including phenoxy) is 1. The quantitative estimate of drug-likeness (QED) is 0.393. The van der Waals surface area contributed by atoms with Gasteiger partial charge in [-0.3, -0.25) is 4.90 Å². The minimum Gasteiger partial charge on any atom is -0.494 e. The average Bonchev–Trinajstić information content (AvgIpc) is 2.91. The molecule has 1 atom stereocenters. The Morgan fingerprint density at radius 3 is 2.39 bits per heavy atom. The Bertz CT molecular complexity index is 965. The maximum Gasteiger partial charge on any atom is 0.127 e. The number of hydrogen-bond acceptors (Lipinski definition) is 3. The number of hydrogen-bond donors (Lipinski definition) is 0. The second kappa shape index (κ2) is 10.3. The highest BCUT2D eigenvalue weighted by Crippen LogP contribution is 2.27. The summed E-state index contributed by atoms with van der Waals surface area (Å²) < 4.78 is 8.49. The number of unbranched alkanes of at least 4 members (excludes halogenated alkanes) is 1. The molecule has 3 aromatic rings. The molecule has 1 aliphatic heterocycles. The topological polar surface area (TPSA) is 30.3 Å². The van der Waals surface area contributed by atoms with E-state index in [-0.39, 0.29) is 0 Å². The SMILES string of the molecule is Cc1cc(C)cc(OCCCCn2c(C(C)N3CCCCCC3)nc3ccccc32)c1. The molecule has 2 heterocycles. The summed E-state index contributed by atoms with van der Waals surface area (Å²) in [4.78, 5) is 7.71. The van der Waals surface area contributed by atoms with E-state index in [1.54, 1.807) is 0 Å². The Labute approximate surface area is 187 Å². The molecule has 1 aliphatic rings. The zero-order chi connectivity index (χ0) is 21.6. The number of fused-ring (bicyclic) bond motifs is 1. The summed E-state index contributed by atoms with van der Waals surface area (Å²) in [6.07, 6.45) is 7.46. The van der Waals surface area contributed by atoms with Crippen LogP contribution >= 0.6 is 0 Å². The molecule has 0 spiro atoms. The molecule has 0 aliphatic carbocycles. The summed E-state index contributed by atoms with van der Waals surface area (Å²) in [5, 5.41) is 0. The monoisotopic (exact) mass is 419 g/mol. The van der Waals surface area contributed by atoms with Crippen molar-refractivity contribution in [1.29, 1.82) is 0 Å². The van der Waals surface area contributed by atoms with Gasteiger partial charge in [-0.2, -0.15) is 0 Å². The standard InChI is InChI=1S/C27H37N3O/c1-21-18-22(2)20-24(19-21)31-17-11-10-16-30-26-13-7-6-12-25(26)28-27(30)23(3)29-14-8-4-5-9-15-29/h6-7,12-13,18-20,23H,4-5,8-11,14-17H2,1-3H3. The molecule has 31 heavy (non-hydrogen) atoms. The molecule has 0 radical (unpaired) electrons. The normalized spacial score (nSPS) is 16.4. The summed E-state index contributed by atoms with van der Waals surface area (Å²) >= 11 is 0. The van der Waals surface area contributed by atoms with E-state index >= 15 is 0 Å². The van der Waals surface area contributed by atoms with Crippen molar-refractivity contribution in [3.05, 3.63) is 59.4 Å². The minimum absolute atomic E-state index is 0.358. The van der Waals surface area contributed by atoms with E-state index in [0.29, 0.717) is 6.04 Å². The summed E-state index contributed by atoms with van der Waals surface area (Å²) in [6, 6.07) is 15.4. The third kappa shape index (κ3) is 5.48. The molecule has 1 unspecified atom stereocenters. The van der Waals surface area contributed by atoms with Crippen LogP contribution in [0.15, 0.2) is 42.5 Å². The Kier molecular flexibility index (Phi) is 7.29. The highest BCUT2D eigenvalue weighted by molar-refractivity contribution is 5.76. The summed E-state index contributed by atoms with van der Waals surface area (Å²) in [5.41, 5.74) is 4.89. The van der Waals surface area contributed by atoms with Crippen LogP contribution in [0.1, 0.15) is 68.4 Å². The molecule has 2 aromatic carbocycles. The smallest absolute Gasteiger partial charge is 0.127 e. The molecule has 1 aromatic heterocycles. The zero-order valence-corrected chi connectivity index (χ0v) is 19.4. The number of nitrogens with zero attached hydrogens (tertiary/aromatic N) is 3. The van der Waals surface area contributed by atoms with Crippen molar-refractivity contribution in [3.63, 3.8) is 0 Å². The van der Waals surface area contributed by atoms with E-state index in [9.17, 15) is 0 Å². The molecule has 0 bridgehead atoms. The molecule has 1 fully saturated rings. The van der Waals surface area contributed by atoms with Gasteiger partial charge in [0.1, 0.15) is 11.6 Å². The molecule has 1 saturated heterocycles. The number of likely N-dealkylation sites (tertiary alicyclic amines) is 1. The van der Waals surface area contributed by atoms with Gasteiger partial charge < -0.3 is 9.30 Å². The van der Waals surface area contributed by atoms with Crippen LogP contribution in [0.3, 0.4) is 0 Å². The van der Waals surface area contributed by atoms with E-state index in [1.165, 1.54) is 61.2 Å². The van der Waals surface area contributed by atoms with E-state index in [0.717, 1.165) is 37.3 Å². The van der Waals surface area contributed by atoms with Crippen LogP contribution in [0.2, 0.25) is 0 Å². The molecule has 166 valence electrons. The van der Waals surface area contributed by atoms with Crippen molar-refractivity contribution in [2.75, 3.05) is 19.7 Å². The number of benzene rings is 2. The van der Waals surface area contributed by atoms with Crippen molar-refractivity contribution in [2.24, 2.45) is 0 Å². The van der Waals surface area contributed by atoms with Crippen LogP contribution < -0.4 is 4.74 Å². The van der Waals surface area contributed by atoms with E-state index in [4.69, 9.17) is 9.72 Å². The van der Waals surface area contributed by atoms with Crippen molar-refractivity contribution in [3.8, 4) is 5.75 Å². The molecule has 0 amide bonds. The number of rotatable bonds is 8. The van der Waals surface area contributed by atoms with Gasteiger partial charge in [-0.15, -0.1) is 0 Å². The van der Waals surface area contributed by atoms with Crippen LogP contribution in [0.5, 0.6) is 5.75 Å². The van der Waals surface area contributed by atoms with Gasteiger partial charge in [-0.25, -0.2) is 4.98 Å². The molecule has 4 rings (SSSR count). The highest BCUT2D eigenvalue weighted by Gasteiger charge is 2.23. The second-order valence-electron chi connectivity index (χ2n) is 9.12. The summed E-state index contributed by atoms with van der Waals surface area (Å²) in [7, 11) is 0. The van der Waals surface area contributed by atoms with Crippen LogP contribution in [0, 0.1) is 13.8 Å². The summed E-state index contributed by atoms with van der Waals surface area (Å²) in [6.45, 7) is 10.7. The Hall–Kier alpha value is -2.33. The lowest BCUT2D eigenvalue weighted by atomic mass is 10.1. The number of para-hydroxylation sites is 2. The van der Waals surface area contributed by atoms with Crippen molar-refractivity contribution < 1.29 is 4.74 Å². The Morgan fingerprint density at radius 1 is 0.935 bits per heavy atom. The van der Waals surface area contributed by atoms with Gasteiger partial charge in [0.2, 0.25) is 0 Å². The van der Waals surface area contributed by atoms with Gasteiger partial charge in [0.05, 0.1) is 23.7 Å². The fourth-order valence-corrected chi connectivity index (χ4v) is 4.87. The molecule has 0 N–H and O–H groups in total. The third-order valence-electron chi connectivity index (χ3n) is 6.49. The second-order valence-corrected chi connectivity index (χ2v) is 9.12. The van der Waals surface area contributed by atoms with E-state index in [1.807, 2.05) is 0 Å². The van der Waals surface area contributed by atoms with Gasteiger partial charge in [0.15, 0.2) is 0 Å². The van der Waals surface area contributed by atoms with Gasteiger partial charge >= 0.3 is 0 Å². The fraction of sp³-hybridized carbons (Fsp3) is 0.519. The number of imidazole rings is 1. The van der Waals surface area contributed by atoms with E-state index in [2.05, 4.69) is 72.7 Å². The van der Waals surface area contributed by atoms with Crippen LogP contribution in [-0.4, -0.2) is 34.1 Å². The molecule has 4 nitrogen and oxygen atoms in total. The lowest BCUT2D eigenvalue weighted by molar-refractivity contribution is 0.207. The first-order chi connectivity index (χ1) is 15.1. The van der Waals surface area contributed by atoms with Gasteiger partial charge in [0.25, 0.3) is 0 Å². The molecule has 4 heteroatoms. The van der Waals surface area contributed by atoms with Gasteiger partial charge in [-0.05, 0) is 94.9 Å².